The number of nitrogens with zero attached hydrogens (tertiary/aromatic N) is 2. The SMILES string of the molecule is CC(C)c1ccc(S(=O)(=O)c2cnc(SCC(=O)Nc3ccccc3F)nc2N)cc1. The summed E-state index contributed by atoms with van der Waals surface area (Å²) in [5, 5.41) is 2.58. The van der Waals surface area contributed by atoms with E-state index in [0.717, 1.165) is 23.5 Å². The second kappa shape index (κ2) is 9.44. The molecule has 0 unspecified atom stereocenters. The van der Waals surface area contributed by atoms with Crippen LogP contribution in [0, 0.1) is 5.82 Å². The van der Waals surface area contributed by atoms with E-state index in [0.29, 0.717) is 0 Å². The van der Waals surface area contributed by atoms with Crippen molar-refractivity contribution in [3.8, 4) is 0 Å². The Kier molecular flexibility index (Phi) is 6.91. The number of benzene rings is 2. The third kappa shape index (κ3) is 5.39. The lowest BCUT2D eigenvalue weighted by atomic mass is 10.0. The van der Waals surface area contributed by atoms with E-state index in [1.54, 1.807) is 18.2 Å². The lowest BCUT2D eigenvalue weighted by Gasteiger charge is -2.10. The first-order valence-corrected chi connectivity index (χ1v) is 11.8. The molecule has 1 aromatic heterocycles. The van der Waals surface area contributed by atoms with Crippen LogP contribution in [-0.4, -0.2) is 30.0 Å². The number of anilines is 2. The topological polar surface area (TPSA) is 115 Å². The molecule has 0 fully saturated rings. The van der Waals surface area contributed by atoms with Crippen LogP contribution in [0.15, 0.2) is 69.7 Å². The molecule has 3 N–H and O–H groups in total. The number of halogens is 1. The summed E-state index contributed by atoms with van der Waals surface area (Å²) in [5.74, 6) is -1.04. The van der Waals surface area contributed by atoms with Gasteiger partial charge in [-0.25, -0.2) is 22.8 Å². The van der Waals surface area contributed by atoms with Gasteiger partial charge < -0.3 is 11.1 Å². The molecule has 0 radical (unpaired) electrons. The highest BCUT2D eigenvalue weighted by atomic mass is 32.2. The van der Waals surface area contributed by atoms with Crippen molar-refractivity contribution in [2.24, 2.45) is 0 Å². The largest absolute Gasteiger partial charge is 0.382 e. The van der Waals surface area contributed by atoms with E-state index >= 15 is 0 Å². The van der Waals surface area contributed by atoms with E-state index in [9.17, 15) is 17.6 Å². The zero-order valence-corrected chi connectivity index (χ0v) is 18.5. The zero-order valence-electron chi connectivity index (χ0n) is 16.9. The minimum absolute atomic E-state index is 0.0680. The van der Waals surface area contributed by atoms with Crippen LogP contribution in [0.1, 0.15) is 25.3 Å². The Morgan fingerprint density at radius 2 is 1.84 bits per heavy atom. The predicted molar refractivity (Wildman–Crippen MR) is 118 cm³/mol. The molecule has 1 amide bonds. The van der Waals surface area contributed by atoms with Crippen molar-refractivity contribution in [1.82, 2.24) is 9.97 Å². The van der Waals surface area contributed by atoms with E-state index in [1.807, 2.05) is 13.8 Å². The number of thioether (sulfide) groups is 1. The normalized spacial score (nSPS) is 11.5. The Morgan fingerprint density at radius 3 is 2.45 bits per heavy atom. The quantitative estimate of drug-likeness (QED) is 0.406. The van der Waals surface area contributed by atoms with Gasteiger partial charge in [0.2, 0.25) is 15.7 Å². The number of sulfone groups is 1. The summed E-state index contributed by atoms with van der Waals surface area (Å²) in [6.45, 7) is 4.03. The molecule has 0 aliphatic rings. The van der Waals surface area contributed by atoms with Crippen LogP contribution in [-0.2, 0) is 14.6 Å². The molecule has 7 nitrogen and oxygen atoms in total. The summed E-state index contributed by atoms with van der Waals surface area (Å²) in [6, 6.07) is 12.4. The van der Waals surface area contributed by atoms with E-state index in [4.69, 9.17) is 5.73 Å². The van der Waals surface area contributed by atoms with Gasteiger partial charge in [0.15, 0.2) is 5.16 Å². The molecule has 0 bridgehead atoms. The summed E-state index contributed by atoms with van der Waals surface area (Å²) in [4.78, 5) is 19.9. The van der Waals surface area contributed by atoms with Crippen molar-refractivity contribution in [3.05, 3.63) is 66.1 Å². The van der Waals surface area contributed by atoms with Crippen molar-refractivity contribution in [2.75, 3.05) is 16.8 Å². The molecule has 10 heteroatoms. The molecule has 162 valence electrons. The fourth-order valence-corrected chi connectivity index (χ4v) is 4.56. The Morgan fingerprint density at radius 1 is 1.16 bits per heavy atom. The lowest BCUT2D eigenvalue weighted by Crippen LogP contribution is -2.15. The van der Waals surface area contributed by atoms with Gasteiger partial charge in [0.25, 0.3) is 0 Å². The molecular formula is C21H21FN4O3S2. The highest BCUT2D eigenvalue weighted by molar-refractivity contribution is 7.99. The predicted octanol–water partition coefficient (Wildman–Crippen LogP) is 3.88. The standard InChI is InChI=1S/C21H21FN4O3S2/c1-13(2)14-7-9-15(10-8-14)31(28,29)18-11-24-21(26-20(18)23)30-12-19(27)25-17-6-4-3-5-16(17)22/h3-11,13H,12H2,1-2H3,(H,25,27)(H2,23,24,26). The van der Waals surface area contributed by atoms with Crippen LogP contribution in [0.3, 0.4) is 0 Å². The first kappa shape index (κ1) is 22.7. The van der Waals surface area contributed by atoms with Crippen molar-refractivity contribution < 1.29 is 17.6 Å². The number of aromatic nitrogens is 2. The fraction of sp³-hybridized carbons (Fsp3) is 0.190. The van der Waals surface area contributed by atoms with Crippen LogP contribution >= 0.6 is 11.8 Å². The summed E-state index contributed by atoms with van der Waals surface area (Å²) < 4.78 is 39.4. The van der Waals surface area contributed by atoms with Crippen molar-refractivity contribution in [2.45, 2.75) is 34.7 Å². The molecule has 0 aliphatic heterocycles. The average Bonchev–Trinajstić information content (AvgIpc) is 2.74. The number of nitrogen functional groups attached to an aromatic ring is 1. The van der Waals surface area contributed by atoms with Crippen molar-refractivity contribution >= 4 is 39.0 Å². The Balaban J connectivity index is 1.70. The molecule has 0 atom stereocenters. The maximum atomic E-state index is 13.6. The minimum Gasteiger partial charge on any atom is -0.382 e. The molecular weight excluding hydrogens is 439 g/mol. The average molecular weight is 461 g/mol. The number of carbonyl (C=O) groups is 1. The van der Waals surface area contributed by atoms with Crippen LogP contribution in [0.25, 0.3) is 0 Å². The molecule has 31 heavy (non-hydrogen) atoms. The van der Waals surface area contributed by atoms with Gasteiger partial charge in [0, 0.05) is 0 Å². The Bertz CT molecular complexity index is 1200. The molecule has 3 rings (SSSR count). The molecule has 0 saturated heterocycles. The number of nitrogens with two attached hydrogens (primary N) is 1. The maximum Gasteiger partial charge on any atom is 0.234 e. The molecule has 2 aromatic carbocycles. The summed E-state index contributed by atoms with van der Waals surface area (Å²) >= 11 is 0.957. The minimum atomic E-state index is -3.89. The van der Waals surface area contributed by atoms with E-state index < -0.39 is 21.6 Å². The fourth-order valence-electron chi connectivity index (χ4n) is 2.68. The molecule has 0 aliphatic carbocycles. The molecule has 3 aromatic rings. The van der Waals surface area contributed by atoms with Gasteiger partial charge in [0.05, 0.1) is 22.5 Å². The first-order chi connectivity index (χ1) is 14.7. The van der Waals surface area contributed by atoms with E-state index in [1.165, 1.54) is 30.3 Å². The van der Waals surface area contributed by atoms with Gasteiger partial charge in [-0.05, 0) is 35.7 Å². The number of nitrogens with one attached hydrogen (secondary N) is 1. The van der Waals surface area contributed by atoms with Crippen LogP contribution in [0.2, 0.25) is 0 Å². The maximum absolute atomic E-state index is 13.6. The molecule has 0 saturated carbocycles. The first-order valence-electron chi connectivity index (χ1n) is 9.33. The third-order valence-electron chi connectivity index (χ3n) is 4.39. The highest BCUT2D eigenvalue weighted by Gasteiger charge is 2.23. The lowest BCUT2D eigenvalue weighted by molar-refractivity contribution is -0.113. The number of rotatable bonds is 7. The monoisotopic (exact) mass is 460 g/mol. The summed E-state index contributed by atoms with van der Waals surface area (Å²) in [5.41, 5.74) is 6.96. The van der Waals surface area contributed by atoms with Gasteiger partial charge in [0.1, 0.15) is 16.5 Å². The Hall–Kier alpha value is -2.98. The van der Waals surface area contributed by atoms with Gasteiger partial charge in [-0.15, -0.1) is 0 Å². The van der Waals surface area contributed by atoms with Crippen LogP contribution in [0.5, 0.6) is 0 Å². The van der Waals surface area contributed by atoms with Gasteiger partial charge >= 0.3 is 0 Å². The number of hydrogen-bond acceptors (Lipinski definition) is 7. The van der Waals surface area contributed by atoms with E-state index in [2.05, 4.69) is 15.3 Å². The highest BCUT2D eigenvalue weighted by Crippen LogP contribution is 2.27. The van der Waals surface area contributed by atoms with Crippen molar-refractivity contribution in [1.29, 1.82) is 0 Å². The smallest absolute Gasteiger partial charge is 0.234 e. The second-order valence-corrected chi connectivity index (χ2v) is 9.81. The van der Waals surface area contributed by atoms with Crippen LogP contribution in [0.4, 0.5) is 15.9 Å². The second-order valence-electron chi connectivity index (χ2n) is 6.95. The summed E-state index contributed by atoms with van der Waals surface area (Å²) in [6.07, 6.45) is 1.13. The number of carbonyl (C=O) groups excluding carboxylic acids is 1. The number of hydrogen-bond donors (Lipinski definition) is 2. The van der Waals surface area contributed by atoms with Crippen molar-refractivity contribution in [3.63, 3.8) is 0 Å². The number of amides is 1. The van der Waals surface area contributed by atoms with Gasteiger partial charge in [-0.2, -0.15) is 0 Å². The van der Waals surface area contributed by atoms with Crippen LogP contribution < -0.4 is 11.1 Å². The van der Waals surface area contributed by atoms with Gasteiger partial charge in [-0.3, -0.25) is 4.79 Å². The molecule has 1 heterocycles. The van der Waals surface area contributed by atoms with Gasteiger partial charge in [-0.1, -0.05) is 49.9 Å². The third-order valence-corrected chi connectivity index (χ3v) is 7.04. The summed E-state index contributed by atoms with van der Waals surface area (Å²) in [7, 11) is -3.89. The van der Waals surface area contributed by atoms with E-state index in [-0.39, 0.29) is 38.1 Å². The number of para-hydroxylation sites is 1. The zero-order chi connectivity index (χ0) is 22.6. The Labute approximate surface area is 184 Å². The molecule has 0 spiro atoms.